The first-order chi connectivity index (χ1) is 8.95. The number of sulfonamides is 1. The third-order valence-electron chi connectivity index (χ3n) is 3.14. The van der Waals surface area contributed by atoms with E-state index in [0.29, 0.717) is 23.5 Å². The van der Waals surface area contributed by atoms with E-state index >= 15 is 0 Å². The van der Waals surface area contributed by atoms with Gasteiger partial charge in [0.1, 0.15) is 10.7 Å². The molecule has 1 aliphatic carbocycles. The van der Waals surface area contributed by atoms with Gasteiger partial charge in [0.05, 0.1) is 0 Å². The number of hydrogen-bond acceptors (Lipinski definition) is 2. The maximum Gasteiger partial charge on any atom is 0.246 e. The van der Waals surface area contributed by atoms with E-state index in [2.05, 4.69) is 15.9 Å². The van der Waals surface area contributed by atoms with Crippen molar-refractivity contribution >= 4 is 26.0 Å². The molecule has 1 fully saturated rings. The van der Waals surface area contributed by atoms with Crippen molar-refractivity contribution in [3.05, 3.63) is 28.5 Å². The molecule has 0 atom stereocenters. The minimum absolute atomic E-state index is 0.240. The summed E-state index contributed by atoms with van der Waals surface area (Å²) < 4.78 is 40.8. The van der Waals surface area contributed by atoms with Gasteiger partial charge in [-0.05, 0) is 43.4 Å². The molecule has 2 rings (SSSR count). The molecule has 0 N–H and O–H groups in total. The maximum absolute atomic E-state index is 13.8. The van der Waals surface area contributed by atoms with Crippen LogP contribution in [0.2, 0.25) is 0 Å². The summed E-state index contributed by atoms with van der Waals surface area (Å²) in [4.78, 5) is -0.240. The SMILES string of the molecule is CCCN(CC1CC1)S(=O)(=O)c1cc(Br)ccc1F. The second-order valence-corrected chi connectivity index (χ2v) is 7.70. The first kappa shape index (κ1) is 14.9. The number of rotatable bonds is 6. The lowest BCUT2D eigenvalue weighted by molar-refractivity contribution is 0.392. The Labute approximate surface area is 122 Å². The molecule has 0 saturated heterocycles. The van der Waals surface area contributed by atoms with E-state index in [0.717, 1.165) is 19.3 Å². The van der Waals surface area contributed by atoms with E-state index in [1.54, 1.807) is 0 Å². The highest BCUT2D eigenvalue weighted by atomic mass is 79.9. The summed E-state index contributed by atoms with van der Waals surface area (Å²) in [5.74, 6) is -0.253. The predicted octanol–water partition coefficient (Wildman–Crippen LogP) is 3.40. The molecule has 3 nitrogen and oxygen atoms in total. The van der Waals surface area contributed by atoms with Gasteiger partial charge in [-0.2, -0.15) is 4.31 Å². The Morgan fingerprint density at radius 2 is 2.11 bits per heavy atom. The summed E-state index contributed by atoms with van der Waals surface area (Å²) >= 11 is 3.19. The van der Waals surface area contributed by atoms with Gasteiger partial charge in [0.15, 0.2) is 0 Å². The average Bonchev–Trinajstić information content (AvgIpc) is 3.15. The molecular weight excluding hydrogens is 333 g/mol. The third kappa shape index (κ3) is 3.55. The smallest absolute Gasteiger partial charge is 0.207 e. The van der Waals surface area contributed by atoms with Crippen LogP contribution in [0.4, 0.5) is 4.39 Å². The molecular formula is C13H17BrFNO2S. The number of halogens is 2. The lowest BCUT2D eigenvalue weighted by Gasteiger charge is -2.21. The Bertz CT molecular complexity index is 558. The zero-order chi connectivity index (χ0) is 14.0. The molecule has 0 amide bonds. The summed E-state index contributed by atoms with van der Waals surface area (Å²) in [6.07, 6.45) is 2.86. The quantitative estimate of drug-likeness (QED) is 0.789. The van der Waals surface area contributed by atoms with Crippen LogP contribution in [-0.2, 0) is 10.0 Å². The fourth-order valence-electron chi connectivity index (χ4n) is 1.96. The molecule has 6 heteroatoms. The van der Waals surface area contributed by atoms with E-state index in [-0.39, 0.29) is 4.90 Å². The highest BCUT2D eigenvalue weighted by Crippen LogP contribution is 2.32. The van der Waals surface area contributed by atoms with Crippen molar-refractivity contribution < 1.29 is 12.8 Å². The Kier molecular flexibility index (Phi) is 4.63. The van der Waals surface area contributed by atoms with Crippen LogP contribution < -0.4 is 0 Å². The molecule has 0 unspecified atom stereocenters. The second-order valence-electron chi connectivity index (χ2n) is 4.88. The normalized spacial score (nSPS) is 16.0. The molecule has 19 heavy (non-hydrogen) atoms. The van der Waals surface area contributed by atoms with Crippen molar-refractivity contribution in [2.24, 2.45) is 5.92 Å². The first-order valence-electron chi connectivity index (χ1n) is 6.40. The first-order valence-corrected chi connectivity index (χ1v) is 8.63. The van der Waals surface area contributed by atoms with Gasteiger partial charge in [-0.1, -0.05) is 22.9 Å². The van der Waals surface area contributed by atoms with Gasteiger partial charge in [-0.15, -0.1) is 0 Å². The van der Waals surface area contributed by atoms with E-state index in [1.807, 2.05) is 6.92 Å². The van der Waals surface area contributed by atoms with Crippen molar-refractivity contribution in [2.45, 2.75) is 31.1 Å². The van der Waals surface area contributed by atoms with Crippen LogP contribution in [0.15, 0.2) is 27.6 Å². The van der Waals surface area contributed by atoms with Crippen LogP contribution in [0.25, 0.3) is 0 Å². The summed E-state index contributed by atoms with van der Waals surface area (Å²) in [7, 11) is -3.74. The predicted molar refractivity (Wildman–Crippen MR) is 75.9 cm³/mol. The largest absolute Gasteiger partial charge is 0.246 e. The number of nitrogens with zero attached hydrogens (tertiary/aromatic N) is 1. The molecule has 0 radical (unpaired) electrons. The van der Waals surface area contributed by atoms with E-state index in [9.17, 15) is 12.8 Å². The molecule has 1 aromatic carbocycles. The van der Waals surface area contributed by atoms with Gasteiger partial charge in [-0.3, -0.25) is 0 Å². The topological polar surface area (TPSA) is 37.4 Å². The average molecular weight is 350 g/mol. The molecule has 0 aliphatic heterocycles. The fourth-order valence-corrected chi connectivity index (χ4v) is 4.17. The van der Waals surface area contributed by atoms with Crippen LogP contribution in [0.1, 0.15) is 26.2 Å². The Morgan fingerprint density at radius 3 is 2.68 bits per heavy atom. The summed E-state index contributed by atoms with van der Waals surface area (Å²) in [5, 5.41) is 0. The zero-order valence-electron chi connectivity index (χ0n) is 10.8. The number of benzene rings is 1. The van der Waals surface area contributed by atoms with Crippen LogP contribution in [0.3, 0.4) is 0 Å². The molecule has 106 valence electrons. The van der Waals surface area contributed by atoms with Crippen LogP contribution in [-0.4, -0.2) is 25.8 Å². The minimum atomic E-state index is -3.74. The Balaban J connectivity index is 2.34. The summed E-state index contributed by atoms with van der Waals surface area (Å²) in [6, 6.07) is 4.01. The maximum atomic E-state index is 13.8. The molecule has 1 aromatic rings. The molecule has 0 heterocycles. The molecule has 0 aromatic heterocycles. The summed E-state index contributed by atoms with van der Waals surface area (Å²) in [6.45, 7) is 2.86. The van der Waals surface area contributed by atoms with Crippen LogP contribution in [0.5, 0.6) is 0 Å². The van der Waals surface area contributed by atoms with Crippen LogP contribution >= 0.6 is 15.9 Å². The molecule has 0 bridgehead atoms. The zero-order valence-corrected chi connectivity index (χ0v) is 13.2. The molecule has 1 saturated carbocycles. The van der Waals surface area contributed by atoms with E-state index < -0.39 is 15.8 Å². The van der Waals surface area contributed by atoms with Crippen molar-refractivity contribution in [2.75, 3.05) is 13.1 Å². The monoisotopic (exact) mass is 349 g/mol. The van der Waals surface area contributed by atoms with Crippen molar-refractivity contribution in [1.29, 1.82) is 0 Å². The van der Waals surface area contributed by atoms with E-state index in [4.69, 9.17) is 0 Å². The number of hydrogen-bond donors (Lipinski definition) is 0. The Hall–Kier alpha value is -0.460. The van der Waals surface area contributed by atoms with Gasteiger partial charge in [0.2, 0.25) is 10.0 Å². The summed E-state index contributed by atoms with van der Waals surface area (Å²) in [5.41, 5.74) is 0. The Morgan fingerprint density at radius 1 is 1.42 bits per heavy atom. The van der Waals surface area contributed by atoms with Crippen molar-refractivity contribution in [3.63, 3.8) is 0 Å². The van der Waals surface area contributed by atoms with Gasteiger partial charge < -0.3 is 0 Å². The van der Waals surface area contributed by atoms with Gasteiger partial charge in [0.25, 0.3) is 0 Å². The van der Waals surface area contributed by atoms with Gasteiger partial charge >= 0.3 is 0 Å². The lowest BCUT2D eigenvalue weighted by Crippen LogP contribution is -2.34. The minimum Gasteiger partial charge on any atom is -0.207 e. The highest BCUT2D eigenvalue weighted by molar-refractivity contribution is 9.10. The third-order valence-corrected chi connectivity index (χ3v) is 5.52. The molecule has 0 spiro atoms. The highest BCUT2D eigenvalue weighted by Gasteiger charge is 2.32. The van der Waals surface area contributed by atoms with Crippen molar-refractivity contribution in [3.8, 4) is 0 Å². The van der Waals surface area contributed by atoms with Gasteiger partial charge in [-0.25, -0.2) is 12.8 Å². The second kappa shape index (κ2) is 5.89. The fraction of sp³-hybridized carbons (Fsp3) is 0.538. The van der Waals surface area contributed by atoms with Crippen LogP contribution in [0, 0.1) is 11.7 Å². The standard InChI is InChI=1S/C13H17BrFNO2S/c1-2-7-16(9-10-3-4-10)19(17,18)13-8-11(14)5-6-12(13)15/h5-6,8,10H,2-4,7,9H2,1H3. The van der Waals surface area contributed by atoms with Crippen molar-refractivity contribution in [1.82, 2.24) is 4.31 Å². The van der Waals surface area contributed by atoms with E-state index in [1.165, 1.54) is 22.5 Å². The molecule has 1 aliphatic rings. The van der Waals surface area contributed by atoms with Gasteiger partial charge in [0, 0.05) is 17.6 Å². The lowest BCUT2D eigenvalue weighted by atomic mass is 10.3.